The minimum atomic E-state index is 0.000138. The van der Waals surface area contributed by atoms with Gasteiger partial charge in [-0.15, -0.1) is 0 Å². The first kappa shape index (κ1) is 18.3. The SMILES string of the molecule is COc1ccc(N(Cc2cccnc2)c2ccccc2)nc1OC1CCOC1. The van der Waals surface area contributed by atoms with Crippen molar-refractivity contribution in [1.82, 2.24) is 9.97 Å². The fourth-order valence-corrected chi connectivity index (χ4v) is 3.16. The van der Waals surface area contributed by atoms with Crippen LogP contribution >= 0.6 is 0 Å². The Labute approximate surface area is 164 Å². The van der Waals surface area contributed by atoms with E-state index in [0.29, 0.717) is 31.4 Å². The molecule has 28 heavy (non-hydrogen) atoms. The fourth-order valence-electron chi connectivity index (χ4n) is 3.16. The third-order valence-electron chi connectivity index (χ3n) is 4.60. The maximum absolute atomic E-state index is 6.07. The first-order valence-electron chi connectivity index (χ1n) is 9.34. The number of benzene rings is 1. The number of ether oxygens (including phenoxy) is 3. The number of anilines is 2. The highest BCUT2D eigenvalue weighted by molar-refractivity contribution is 5.61. The van der Waals surface area contributed by atoms with Gasteiger partial charge in [0.1, 0.15) is 11.9 Å². The Morgan fingerprint density at radius 3 is 2.71 bits per heavy atom. The average molecular weight is 377 g/mol. The lowest BCUT2D eigenvalue weighted by molar-refractivity contribution is 0.135. The summed E-state index contributed by atoms with van der Waals surface area (Å²) in [6, 6.07) is 18.0. The van der Waals surface area contributed by atoms with Crippen LogP contribution in [0.3, 0.4) is 0 Å². The van der Waals surface area contributed by atoms with Crippen molar-refractivity contribution < 1.29 is 14.2 Å². The number of rotatable bonds is 7. The average Bonchev–Trinajstić information content (AvgIpc) is 3.26. The maximum atomic E-state index is 6.07. The van der Waals surface area contributed by atoms with Crippen LogP contribution in [-0.2, 0) is 11.3 Å². The van der Waals surface area contributed by atoms with Gasteiger partial charge in [0.05, 0.1) is 26.9 Å². The molecule has 144 valence electrons. The third-order valence-corrected chi connectivity index (χ3v) is 4.60. The molecule has 0 N–H and O–H groups in total. The first-order chi connectivity index (χ1) is 13.8. The van der Waals surface area contributed by atoms with E-state index in [4.69, 9.17) is 19.2 Å². The van der Waals surface area contributed by atoms with Crippen LogP contribution in [0, 0.1) is 0 Å². The topological polar surface area (TPSA) is 56.7 Å². The lowest BCUT2D eigenvalue weighted by atomic mass is 10.2. The molecule has 3 heterocycles. The molecule has 0 aliphatic carbocycles. The first-order valence-corrected chi connectivity index (χ1v) is 9.34. The van der Waals surface area contributed by atoms with Gasteiger partial charge in [0.25, 0.3) is 5.88 Å². The number of hydrogen-bond acceptors (Lipinski definition) is 6. The van der Waals surface area contributed by atoms with E-state index in [0.717, 1.165) is 23.5 Å². The van der Waals surface area contributed by atoms with Crippen LogP contribution in [0.5, 0.6) is 11.6 Å². The number of hydrogen-bond donors (Lipinski definition) is 0. The van der Waals surface area contributed by atoms with Gasteiger partial charge in [0.15, 0.2) is 5.75 Å². The van der Waals surface area contributed by atoms with Crippen LogP contribution in [-0.4, -0.2) is 36.4 Å². The molecule has 6 heteroatoms. The normalized spacial score (nSPS) is 16.0. The zero-order valence-corrected chi connectivity index (χ0v) is 15.8. The quantitative estimate of drug-likeness (QED) is 0.621. The van der Waals surface area contributed by atoms with Gasteiger partial charge >= 0.3 is 0 Å². The molecule has 0 spiro atoms. The van der Waals surface area contributed by atoms with Crippen LogP contribution in [0.15, 0.2) is 67.0 Å². The molecule has 1 aliphatic heterocycles. The molecular formula is C22H23N3O3. The number of nitrogens with zero attached hydrogens (tertiary/aromatic N) is 3. The Bertz CT molecular complexity index is 884. The van der Waals surface area contributed by atoms with Crippen molar-refractivity contribution in [3.63, 3.8) is 0 Å². The number of pyridine rings is 2. The van der Waals surface area contributed by atoms with Gasteiger partial charge < -0.3 is 19.1 Å². The van der Waals surface area contributed by atoms with E-state index in [1.54, 1.807) is 13.3 Å². The summed E-state index contributed by atoms with van der Waals surface area (Å²) < 4.78 is 16.9. The van der Waals surface area contributed by atoms with Crippen LogP contribution in [0.4, 0.5) is 11.5 Å². The van der Waals surface area contributed by atoms with Crippen molar-refractivity contribution in [2.75, 3.05) is 25.2 Å². The number of para-hydroxylation sites is 1. The Hall–Kier alpha value is -3.12. The van der Waals surface area contributed by atoms with Crippen LogP contribution in [0.2, 0.25) is 0 Å². The molecule has 1 atom stereocenters. The van der Waals surface area contributed by atoms with E-state index >= 15 is 0 Å². The van der Waals surface area contributed by atoms with Gasteiger partial charge in [0.2, 0.25) is 0 Å². The van der Waals surface area contributed by atoms with E-state index in [2.05, 4.69) is 28.1 Å². The molecule has 6 nitrogen and oxygen atoms in total. The van der Waals surface area contributed by atoms with Gasteiger partial charge in [-0.05, 0) is 35.9 Å². The summed E-state index contributed by atoms with van der Waals surface area (Å²) in [5, 5.41) is 0. The Kier molecular flexibility index (Phi) is 5.68. The monoisotopic (exact) mass is 377 g/mol. The zero-order valence-electron chi connectivity index (χ0n) is 15.8. The molecule has 0 radical (unpaired) electrons. The van der Waals surface area contributed by atoms with Crippen LogP contribution in [0.1, 0.15) is 12.0 Å². The van der Waals surface area contributed by atoms with Crippen LogP contribution < -0.4 is 14.4 Å². The minimum Gasteiger partial charge on any atom is -0.491 e. The molecule has 4 rings (SSSR count). The van der Waals surface area contributed by atoms with Gasteiger partial charge in [-0.1, -0.05) is 24.3 Å². The number of aromatic nitrogens is 2. The maximum Gasteiger partial charge on any atom is 0.259 e. The number of methoxy groups -OCH3 is 1. The third kappa shape index (κ3) is 4.23. The summed E-state index contributed by atoms with van der Waals surface area (Å²) in [5.74, 6) is 1.89. The molecule has 1 saturated heterocycles. The van der Waals surface area contributed by atoms with Gasteiger partial charge in [0, 0.05) is 24.5 Å². The molecule has 1 aliphatic rings. The summed E-state index contributed by atoms with van der Waals surface area (Å²) >= 11 is 0. The predicted octanol–water partition coefficient (Wildman–Crippen LogP) is 3.99. The molecule has 0 bridgehead atoms. The second-order valence-corrected chi connectivity index (χ2v) is 6.56. The molecule has 1 unspecified atom stereocenters. The summed E-state index contributed by atoms with van der Waals surface area (Å²) in [5.41, 5.74) is 2.13. The highest BCUT2D eigenvalue weighted by Gasteiger charge is 2.21. The van der Waals surface area contributed by atoms with E-state index in [-0.39, 0.29) is 6.10 Å². The van der Waals surface area contributed by atoms with E-state index in [1.807, 2.05) is 42.6 Å². The van der Waals surface area contributed by atoms with Crippen molar-refractivity contribution >= 4 is 11.5 Å². The smallest absolute Gasteiger partial charge is 0.259 e. The molecule has 3 aromatic rings. The Balaban J connectivity index is 1.68. The van der Waals surface area contributed by atoms with E-state index in [9.17, 15) is 0 Å². The summed E-state index contributed by atoms with van der Waals surface area (Å²) in [6.45, 7) is 1.93. The molecule has 1 fully saturated rings. The van der Waals surface area contributed by atoms with Crippen LogP contribution in [0.25, 0.3) is 0 Å². The lowest BCUT2D eigenvalue weighted by Gasteiger charge is -2.25. The van der Waals surface area contributed by atoms with Gasteiger partial charge in [-0.25, -0.2) is 0 Å². The second-order valence-electron chi connectivity index (χ2n) is 6.56. The highest BCUT2D eigenvalue weighted by atomic mass is 16.6. The molecule has 1 aromatic carbocycles. The van der Waals surface area contributed by atoms with Crippen molar-refractivity contribution in [2.45, 2.75) is 19.1 Å². The Morgan fingerprint density at radius 1 is 1.11 bits per heavy atom. The van der Waals surface area contributed by atoms with E-state index < -0.39 is 0 Å². The van der Waals surface area contributed by atoms with Crippen molar-refractivity contribution in [2.24, 2.45) is 0 Å². The predicted molar refractivity (Wildman–Crippen MR) is 107 cm³/mol. The highest BCUT2D eigenvalue weighted by Crippen LogP contribution is 2.33. The molecular weight excluding hydrogens is 354 g/mol. The van der Waals surface area contributed by atoms with Crippen molar-refractivity contribution in [3.8, 4) is 11.6 Å². The standard InChI is InChI=1S/C22H23N3O3/c1-26-20-9-10-21(24-22(20)28-19-11-13-27-16-19)25(18-7-3-2-4-8-18)15-17-6-5-12-23-14-17/h2-10,12,14,19H,11,13,15-16H2,1H3. The van der Waals surface area contributed by atoms with Crippen molar-refractivity contribution in [1.29, 1.82) is 0 Å². The zero-order chi connectivity index (χ0) is 19.2. The minimum absolute atomic E-state index is 0.000138. The van der Waals surface area contributed by atoms with Gasteiger partial charge in [-0.2, -0.15) is 4.98 Å². The summed E-state index contributed by atoms with van der Waals surface area (Å²) in [6.07, 6.45) is 4.50. The largest absolute Gasteiger partial charge is 0.491 e. The molecule has 0 amide bonds. The van der Waals surface area contributed by atoms with Gasteiger partial charge in [-0.3, -0.25) is 4.98 Å². The second kappa shape index (κ2) is 8.71. The Morgan fingerprint density at radius 2 is 2.00 bits per heavy atom. The summed E-state index contributed by atoms with van der Waals surface area (Å²) in [7, 11) is 1.62. The molecule has 0 saturated carbocycles. The van der Waals surface area contributed by atoms with E-state index in [1.165, 1.54) is 0 Å². The lowest BCUT2D eigenvalue weighted by Crippen LogP contribution is -2.20. The summed E-state index contributed by atoms with van der Waals surface area (Å²) in [4.78, 5) is 11.1. The van der Waals surface area contributed by atoms with Crippen molar-refractivity contribution in [3.05, 3.63) is 72.6 Å². The fraction of sp³-hybridized carbons (Fsp3) is 0.273. The molecule has 2 aromatic heterocycles.